The molecule has 0 saturated carbocycles. The molecule has 0 aliphatic rings. The summed E-state index contributed by atoms with van der Waals surface area (Å²) in [6.45, 7) is 0.504. The van der Waals surface area contributed by atoms with Crippen LogP contribution in [0.4, 0.5) is 5.13 Å². The first-order chi connectivity index (χ1) is 14.6. The Morgan fingerprint density at radius 2 is 2.00 bits per heavy atom. The van der Waals surface area contributed by atoms with Crippen molar-refractivity contribution < 1.29 is 14.0 Å². The van der Waals surface area contributed by atoms with Gasteiger partial charge in [-0.3, -0.25) is 14.5 Å². The average Bonchev–Trinajstić information content (AvgIpc) is 3.46. The minimum absolute atomic E-state index is 0.0795. The molecule has 154 valence electrons. The van der Waals surface area contributed by atoms with Crippen molar-refractivity contribution in [2.45, 2.75) is 6.54 Å². The Morgan fingerprint density at radius 1 is 1.17 bits per heavy atom. The van der Waals surface area contributed by atoms with E-state index in [-0.39, 0.29) is 24.9 Å². The van der Waals surface area contributed by atoms with E-state index in [0.717, 1.165) is 22.2 Å². The van der Waals surface area contributed by atoms with E-state index < -0.39 is 0 Å². The minimum atomic E-state index is -0.226. The highest BCUT2D eigenvalue weighted by Crippen LogP contribution is 2.30. The predicted octanol–water partition coefficient (Wildman–Crippen LogP) is 3.07. The lowest BCUT2D eigenvalue weighted by Crippen LogP contribution is -2.38. The standard InChI is InChI=1S/C21H21N5O3S/c1-26(11-19(27)23-9-14-5-4-8-29-14)12-20(28)25-21-24-18(13-30-21)16-10-22-17-7-3-2-6-15(16)17/h2-8,10,13,22H,9,11-12H2,1H3,(H,23,27)(H,24,25,28). The molecule has 0 aliphatic heterocycles. The number of anilines is 1. The van der Waals surface area contributed by atoms with Gasteiger partial charge in [0.15, 0.2) is 5.13 Å². The number of carbonyl (C=O) groups excluding carboxylic acids is 2. The Balaban J connectivity index is 1.28. The Hall–Kier alpha value is -3.43. The Kier molecular flexibility index (Phi) is 5.92. The predicted molar refractivity (Wildman–Crippen MR) is 116 cm³/mol. The lowest BCUT2D eigenvalue weighted by molar-refractivity contribution is -0.123. The maximum Gasteiger partial charge on any atom is 0.240 e. The first kappa shape index (κ1) is 19.9. The van der Waals surface area contributed by atoms with E-state index in [0.29, 0.717) is 17.4 Å². The third kappa shape index (κ3) is 4.76. The third-order valence-electron chi connectivity index (χ3n) is 4.48. The lowest BCUT2D eigenvalue weighted by atomic mass is 10.1. The van der Waals surface area contributed by atoms with Gasteiger partial charge in [0.25, 0.3) is 0 Å². The maximum atomic E-state index is 12.3. The maximum absolute atomic E-state index is 12.3. The van der Waals surface area contributed by atoms with Crippen molar-refractivity contribution >= 4 is 39.2 Å². The Labute approximate surface area is 176 Å². The van der Waals surface area contributed by atoms with Crippen LogP contribution in [-0.4, -0.2) is 46.8 Å². The number of amides is 2. The van der Waals surface area contributed by atoms with Crippen molar-refractivity contribution in [2.24, 2.45) is 0 Å². The van der Waals surface area contributed by atoms with E-state index in [4.69, 9.17) is 4.42 Å². The van der Waals surface area contributed by atoms with Crippen molar-refractivity contribution in [1.29, 1.82) is 0 Å². The smallest absolute Gasteiger partial charge is 0.240 e. The van der Waals surface area contributed by atoms with Gasteiger partial charge in [0.2, 0.25) is 11.8 Å². The number of carbonyl (C=O) groups is 2. The number of likely N-dealkylation sites (N-methyl/N-ethyl adjacent to an activating group) is 1. The van der Waals surface area contributed by atoms with E-state index in [1.807, 2.05) is 35.8 Å². The summed E-state index contributed by atoms with van der Waals surface area (Å²) in [6, 6.07) is 11.5. The fraction of sp³-hybridized carbons (Fsp3) is 0.190. The van der Waals surface area contributed by atoms with Gasteiger partial charge in [0.05, 0.1) is 31.6 Å². The highest BCUT2D eigenvalue weighted by molar-refractivity contribution is 7.14. The van der Waals surface area contributed by atoms with Crippen LogP contribution in [0.1, 0.15) is 5.76 Å². The number of fused-ring (bicyclic) bond motifs is 1. The van der Waals surface area contributed by atoms with E-state index >= 15 is 0 Å². The van der Waals surface area contributed by atoms with Gasteiger partial charge in [-0.05, 0) is 25.2 Å². The van der Waals surface area contributed by atoms with Crippen molar-refractivity contribution in [3.8, 4) is 11.3 Å². The average molecular weight is 423 g/mol. The fourth-order valence-electron chi connectivity index (χ4n) is 3.10. The molecule has 0 radical (unpaired) electrons. The number of nitrogens with zero attached hydrogens (tertiary/aromatic N) is 2. The molecule has 4 rings (SSSR count). The van der Waals surface area contributed by atoms with Crippen LogP contribution in [0.15, 0.2) is 58.7 Å². The molecule has 30 heavy (non-hydrogen) atoms. The van der Waals surface area contributed by atoms with Crippen LogP contribution in [0.5, 0.6) is 0 Å². The summed E-state index contributed by atoms with van der Waals surface area (Å²) >= 11 is 1.37. The number of furan rings is 1. The van der Waals surface area contributed by atoms with Gasteiger partial charge in [-0.1, -0.05) is 18.2 Å². The van der Waals surface area contributed by atoms with Crippen LogP contribution < -0.4 is 10.6 Å². The zero-order valence-corrected chi connectivity index (χ0v) is 17.2. The number of aromatic amines is 1. The number of hydrogen-bond acceptors (Lipinski definition) is 6. The molecule has 3 N–H and O–H groups in total. The van der Waals surface area contributed by atoms with Crippen LogP contribution >= 0.6 is 11.3 Å². The SMILES string of the molecule is CN(CC(=O)NCc1ccco1)CC(=O)Nc1nc(-c2c[nH]c3ccccc23)cs1. The summed E-state index contributed by atoms with van der Waals surface area (Å²) in [5, 5.41) is 9.08. The molecule has 9 heteroatoms. The zero-order valence-electron chi connectivity index (χ0n) is 16.3. The first-order valence-electron chi connectivity index (χ1n) is 9.38. The van der Waals surface area contributed by atoms with Crippen molar-refractivity contribution in [1.82, 2.24) is 20.2 Å². The minimum Gasteiger partial charge on any atom is -0.467 e. The number of para-hydroxylation sites is 1. The molecular weight excluding hydrogens is 402 g/mol. The molecular formula is C21H21N5O3S. The third-order valence-corrected chi connectivity index (χ3v) is 5.24. The van der Waals surface area contributed by atoms with Gasteiger partial charge < -0.3 is 20.0 Å². The summed E-state index contributed by atoms with van der Waals surface area (Å²) in [7, 11) is 1.71. The Bertz CT molecular complexity index is 1150. The molecule has 0 aliphatic carbocycles. The molecule has 1 aromatic carbocycles. The number of H-pyrrole nitrogens is 1. The highest BCUT2D eigenvalue weighted by atomic mass is 32.1. The molecule has 0 spiro atoms. The van der Waals surface area contributed by atoms with Crippen molar-refractivity contribution in [3.05, 3.63) is 60.0 Å². The second kappa shape index (κ2) is 8.93. The van der Waals surface area contributed by atoms with Crippen LogP contribution in [0.2, 0.25) is 0 Å². The molecule has 0 unspecified atom stereocenters. The van der Waals surface area contributed by atoms with Crippen LogP contribution in [0.25, 0.3) is 22.2 Å². The largest absolute Gasteiger partial charge is 0.467 e. The quantitative estimate of drug-likeness (QED) is 0.404. The van der Waals surface area contributed by atoms with E-state index in [1.165, 1.54) is 11.3 Å². The van der Waals surface area contributed by atoms with Crippen molar-refractivity contribution in [3.63, 3.8) is 0 Å². The summed E-state index contributed by atoms with van der Waals surface area (Å²) in [6.07, 6.45) is 3.47. The number of hydrogen-bond donors (Lipinski definition) is 3. The molecule has 8 nitrogen and oxygen atoms in total. The monoisotopic (exact) mass is 423 g/mol. The molecule has 3 aromatic heterocycles. The van der Waals surface area contributed by atoms with Gasteiger partial charge in [0.1, 0.15) is 5.76 Å². The number of rotatable bonds is 8. The number of thiazole rings is 1. The summed E-state index contributed by atoms with van der Waals surface area (Å²) < 4.78 is 5.17. The van der Waals surface area contributed by atoms with E-state index in [1.54, 1.807) is 30.3 Å². The van der Waals surface area contributed by atoms with Crippen LogP contribution in [0, 0.1) is 0 Å². The van der Waals surface area contributed by atoms with Crippen LogP contribution in [-0.2, 0) is 16.1 Å². The summed E-state index contributed by atoms with van der Waals surface area (Å²) in [5.41, 5.74) is 2.84. The number of nitrogens with one attached hydrogen (secondary N) is 3. The fourth-order valence-corrected chi connectivity index (χ4v) is 3.82. The number of aromatic nitrogens is 2. The molecule has 4 aromatic rings. The highest BCUT2D eigenvalue weighted by Gasteiger charge is 2.14. The van der Waals surface area contributed by atoms with Crippen molar-refractivity contribution in [2.75, 3.05) is 25.5 Å². The van der Waals surface area contributed by atoms with Gasteiger partial charge in [-0.15, -0.1) is 11.3 Å². The summed E-state index contributed by atoms with van der Waals surface area (Å²) in [4.78, 5) is 33.7. The van der Waals surface area contributed by atoms with Gasteiger partial charge in [-0.25, -0.2) is 4.98 Å². The van der Waals surface area contributed by atoms with Gasteiger partial charge in [-0.2, -0.15) is 0 Å². The van der Waals surface area contributed by atoms with Crippen LogP contribution in [0.3, 0.4) is 0 Å². The topological polar surface area (TPSA) is 103 Å². The Morgan fingerprint density at radius 3 is 2.83 bits per heavy atom. The second-order valence-electron chi connectivity index (χ2n) is 6.86. The molecule has 0 atom stereocenters. The molecule has 2 amide bonds. The molecule has 0 bridgehead atoms. The van der Waals surface area contributed by atoms with Gasteiger partial charge in [0, 0.05) is 28.0 Å². The zero-order chi connectivity index (χ0) is 20.9. The first-order valence-corrected chi connectivity index (χ1v) is 10.3. The lowest BCUT2D eigenvalue weighted by Gasteiger charge is -2.15. The van der Waals surface area contributed by atoms with Gasteiger partial charge >= 0.3 is 0 Å². The van der Waals surface area contributed by atoms with E-state index in [2.05, 4.69) is 20.6 Å². The number of benzene rings is 1. The normalized spacial score (nSPS) is 11.1. The second-order valence-corrected chi connectivity index (χ2v) is 7.72. The van der Waals surface area contributed by atoms with E-state index in [9.17, 15) is 9.59 Å². The molecule has 3 heterocycles. The molecule has 0 fully saturated rings. The molecule has 0 saturated heterocycles. The summed E-state index contributed by atoms with van der Waals surface area (Å²) in [5.74, 6) is 0.271.